The standard InChI is InChI=1S/C18H23NOS/c20-18(10-9-14-5-1-2-6-14)19-12-11-15-13-21-17-8-4-3-7-16(15)17/h3-4,7-8,13-14H,1-2,5-6,9-12H2,(H,19,20). The Kier molecular flexibility index (Phi) is 4.91. The molecule has 2 aromatic rings. The number of carbonyl (C=O) groups excluding carboxylic acids is 1. The Bertz CT molecular complexity index is 598. The normalized spacial score (nSPS) is 15.6. The minimum Gasteiger partial charge on any atom is -0.356 e. The van der Waals surface area contributed by atoms with Crippen molar-refractivity contribution in [3.05, 3.63) is 35.2 Å². The third-order valence-corrected chi connectivity index (χ3v) is 5.54. The first-order chi connectivity index (χ1) is 10.3. The van der Waals surface area contributed by atoms with Crippen LogP contribution in [0.4, 0.5) is 0 Å². The van der Waals surface area contributed by atoms with Gasteiger partial charge in [-0.25, -0.2) is 0 Å². The van der Waals surface area contributed by atoms with Crippen LogP contribution in [0.15, 0.2) is 29.6 Å². The minimum absolute atomic E-state index is 0.224. The van der Waals surface area contributed by atoms with E-state index in [1.165, 1.54) is 41.3 Å². The summed E-state index contributed by atoms with van der Waals surface area (Å²) < 4.78 is 1.33. The van der Waals surface area contributed by atoms with Crippen molar-refractivity contribution in [2.75, 3.05) is 6.54 Å². The average molecular weight is 301 g/mol. The predicted molar refractivity (Wildman–Crippen MR) is 89.7 cm³/mol. The SMILES string of the molecule is O=C(CCC1CCCC1)NCCc1csc2ccccc12. The van der Waals surface area contributed by atoms with E-state index in [0.29, 0.717) is 6.42 Å². The number of fused-ring (bicyclic) bond motifs is 1. The van der Waals surface area contributed by atoms with Gasteiger partial charge >= 0.3 is 0 Å². The van der Waals surface area contributed by atoms with Crippen LogP contribution >= 0.6 is 11.3 Å². The fraction of sp³-hybridized carbons (Fsp3) is 0.500. The molecule has 0 aliphatic heterocycles. The van der Waals surface area contributed by atoms with Gasteiger partial charge in [0.15, 0.2) is 0 Å². The molecule has 0 bridgehead atoms. The second-order valence-corrected chi connectivity index (χ2v) is 6.96. The van der Waals surface area contributed by atoms with Crippen LogP contribution < -0.4 is 5.32 Å². The average Bonchev–Trinajstić information content (AvgIpc) is 3.15. The molecule has 2 nitrogen and oxygen atoms in total. The Morgan fingerprint density at radius 3 is 2.90 bits per heavy atom. The quantitative estimate of drug-likeness (QED) is 0.834. The van der Waals surface area contributed by atoms with E-state index in [1.807, 2.05) is 0 Å². The summed E-state index contributed by atoms with van der Waals surface area (Å²) in [5, 5.41) is 6.63. The summed E-state index contributed by atoms with van der Waals surface area (Å²) in [6.07, 6.45) is 8.08. The topological polar surface area (TPSA) is 29.1 Å². The largest absolute Gasteiger partial charge is 0.356 e. The number of carbonyl (C=O) groups is 1. The lowest BCUT2D eigenvalue weighted by atomic mass is 10.0. The van der Waals surface area contributed by atoms with Crippen molar-refractivity contribution in [3.63, 3.8) is 0 Å². The summed E-state index contributed by atoms with van der Waals surface area (Å²) >= 11 is 1.79. The molecule has 3 rings (SSSR count). The van der Waals surface area contributed by atoms with Crippen LogP contribution in [0.1, 0.15) is 44.1 Å². The van der Waals surface area contributed by atoms with Gasteiger partial charge < -0.3 is 5.32 Å². The highest BCUT2D eigenvalue weighted by molar-refractivity contribution is 7.17. The molecule has 21 heavy (non-hydrogen) atoms. The molecule has 1 aromatic heterocycles. The van der Waals surface area contributed by atoms with Gasteiger partial charge in [0.05, 0.1) is 0 Å². The molecule has 1 heterocycles. The fourth-order valence-electron chi connectivity index (χ4n) is 3.29. The highest BCUT2D eigenvalue weighted by Gasteiger charge is 2.15. The summed E-state index contributed by atoms with van der Waals surface area (Å²) in [6.45, 7) is 0.754. The first-order valence-corrected chi connectivity index (χ1v) is 8.93. The summed E-state index contributed by atoms with van der Waals surface area (Å²) in [7, 11) is 0. The lowest BCUT2D eigenvalue weighted by Gasteiger charge is -2.09. The van der Waals surface area contributed by atoms with Crippen LogP contribution in [-0.2, 0) is 11.2 Å². The van der Waals surface area contributed by atoms with Gasteiger partial charge in [-0.05, 0) is 41.2 Å². The van der Waals surface area contributed by atoms with E-state index in [4.69, 9.17) is 0 Å². The maximum Gasteiger partial charge on any atom is 0.220 e. The van der Waals surface area contributed by atoms with Gasteiger partial charge in [0, 0.05) is 17.7 Å². The number of benzene rings is 1. The van der Waals surface area contributed by atoms with E-state index in [-0.39, 0.29) is 5.91 Å². The third-order valence-electron chi connectivity index (χ3n) is 4.53. The van der Waals surface area contributed by atoms with E-state index in [1.54, 1.807) is 11.3 Å². The number of hydrogen-bond donors (Lipinski definition) is 1. The van der Waals surface area contributed by atoms with E-state index < -0.39 is 0 Å². The summed E-state index contributed by atoms with van der Waals surface area (Å²) in [5.74, 6) is 1.03. The second-order valence-electron chi connectivity index (χ2n) is 6.05. The Morgan fingerprint density at radius 1 is 1.24 bits per heavy atom. The number of nitrogens with one attached hydrogen (secondary N) is 1. The molecule has 1 saturated carbocycles. The number of hydrogen-bond acceptors (Lipinski definition) is 2. The molecule has 1 aliphatic carbocycles. The van der Waals surface area contributed by atoms with Crippen LogP contribution in [0.5, 0.6) is 0 Å². The zero-order valence-electron chi connectivity index (χ0n) is 12.4. The van der Waals surface area contributed by atoms with Crippen LogP contribution in [0.25, 0.3) is 10.1 Å². The monoisotopic (exact) mass is 301 g/mol. The van der Waals surface area contributed by atoms with Crippen molar-refractivity contribution >= 4 is 27.3 Å². The molecule has 1 aliphatic rings. The van der Waals surface area contributed by atoms with Crippen molar-refractivity contribution < 1.29 is 4.79 Å². The van der Waals surface area contributed by atoms with Gasteiger partial charge in [0.25, 0.3) is 0 Å². The third kappa shape index (κ3) is 3.85. The zero-order chi connectivity index (χ0) is 14.5. The summed E-state index contributed by atoms with van der Waals surface area (Å²) in [5.41, 5.74) is 1.35. The van der Waals surface area contributed by atoms with Gasteiger partial charge in [-0.15, -0.1) is 11.3 Å². The molecule has 1 N–H and O–H groups in total. The molecular formula is C18H23NOS. The lowest BCUT2D eigenvalue weighted by molar-refractivity contribution is -0.121. The van der Waals surface area contributed by atoms with Crippen LogP contribution in [0.2, 0.25) is 0 Å². The lowest BCUT2D eigenvalue weighted by Crippen LogP contribution is -2.25. The van der Waals surface area contributed by atoms with Crippen molar-refractivity contribution in [2.45, 2.75) is 44.9 Å². The van der Waals surface area contributed by atoms with Crippen molar-refractivity contribution in [2.24, 2.45) is 5.92 Å². The molecule has 0 spiro atoms. The summed E-state index contributed by atoms with van der Waals surface area (Å²) in [6, 6.07) is 8.49. The van der Waals surface area contributed by atoms with Gasteiger partial charge in [0.1, 0.15) is 0 Å². The van der Waals surface area contributed by atoms with Crippen molar-refractivity contribution in [1.82, 2.24) is 5.32 Å². The van der Waals surface area contributed by atoms with E-state index in [0.717, 1.165) is 25.3 Å². The van der Waals surface area contributed by atoms with Gasteiger partial charge in [-0.3, -0.25) is 4.79 Å². The minimum atomic E-state index is 0.224. The molecule has 0 radical (unpaired) electrons. The fourth-order valence-corrected chi connectivity index (χ4v) is 4.28. The van der Waals surface area contributed by atoms with Crippen LogP contribution in [0, 0.1) is 5.92 Å². The molecule has 112 valence electrons. The van der Waals surface area contributed by atoms with E-state index in [9.17, 15) is 4.79 Å². The smallest absolute Gasteiger partial charge is 0.220 e. The number of rotatable bonds is 6. The predicted octanol–water partition coefficient (Wildman–Crippen LogP) is 4.53. The first-order valence-electron chi connectivity index (χ1n) is 8.05. The Balaban J connectivity index is 1.42. The van der Waals surface area contributed by atoms with Gasteiger partial charge in [-0.1, -0.05) is 43.9 Å². The van der Waals surface area contributed by atoms with Crippen LogP contribution in [-0.4, -0.2) is 12.5 Å². The molecule has 0 atom stereocenters. The summed E-state index contributed by atoms with van der Waals surface area (Å²) in [4.78, 5) is 11.9. The maximum absolute atomic E-state index is 11.9. The van der Waals surface area contributed by atoms with Gasteiger partial charge in [0.2, 0.25) is 5.91 Å². The molecule has 0 unspecified atom stereocenters. The van der Waals surface area contributed by atoms with Crippen LogP contribution in [0.3, 0.4) is 0 Å². The Hall–Kier alpha value is -1.35. The second kappa shape index (κ2) is 7.08. The van der Waals surface area contributed by atoms with E-state index >= 15 is 0 Å². The number of thiophene rings is 1. The molecule has 3 heteroatoms. The highest BCUT2D eigenvalue weighted by Crippen LogP contribution is 2.28. The van der Waals surface area contributed by atoms with Crippen molar-refractivity contribution in [1.29, 1.82) is 0 Å². The van der Waals surface area contributed by atoms with E-state index in [2.05, 4.69) is 35.0 Å². The highest BCUT2D eigenvalue weighted by atomic mass is 32.1. The Morgan fingerprint density at radius 2 is 2.05 bits per heavy atom. The molecule has 1 fully saturated rings. The molecule has 0 saturated heterocycles. The Labute approximate surface area is 130 Å². The zero-order valence-corrected chi connectivity index (χ0v) is 13.3. The van der Waals surface area contributed by atoms with Crippen molar-refractivity contribution in [3.8, 4) is 0 Å². The number of amides is 1. The maximum atomic E-state index is 11.9. The first kappa shape index (κ1) is 14.6. The molecule has 1 aromatic carbocycles. The molecular weight excluding hydrogens is 278 g/mol. The van der Waals surface area contributed by atoms with Gasteiger partial charge in [-0.2, -0.15) is 0 Å². The molecule has 1 amide bonds.